The predicted octanol–water partition coefficient (Wildman–Crippen LogP) is 2.94. The van der Waals surface area contributed by atoms with Gasteiger partial charge in [-0.2, -0.15) is 8.78 Å². The Morgan fingerprint density at radius 2 is 1.88 bits per heavy atom. The number of fused-ring (bicyclic) bond motifs is 4. The van der Waals surface area contributed by atoms with Crippen molar-refractivity contribution in [3.8, 4) is 17.0 Å². The van der Waals surface area contributed by atoms with E-state index in [2.05, 4.69) is 20.0 Å². The topological polar surface area (TPSA) is 117 Å². The van der Waals surface area contributed by atoms with Gasteiger partial charge in [0, 0.05) is 67.1 Å². The lowest BCUT2D eigenvalue weighted by molar-refractivity contribution is -0.142. The first kappa shape index (κ1) is 28.1. The van der Waals surface area contributed by atoms with Crippen molar-refractivity contribution in [3.63, 3.8) is 0 Å². The van der Waals surface area contributed by atoms with Crippen molar-refractivity contribution in [2.24, 2.45) is 0 Å². The van der Waals surface area contributed by atoms with Crippen molar-refractivity contribution >= 4 is 38.2 Å². The summed E-state index contributed by atoms with van der Waals surface area (Å²) in [7, 11) is -2.17. The fraction of sp³-hybridized carbons (Fsp3) is 0.423. The number of aromatic nitrogens is 2. The molecule has 0 bridgehead atoms. The molecule has 3 aromatic rings. The van der Waals surface area contributed by atoms with Crippen LogP contribution in [0, 0.1) is 5.82 Å². The minimum atomic E-state index is -3.73. The Morgan fingerprint density at radius 1 is 1.15 bits per heavy atom. The molecular weight excluding hydrogens is 549 g/mol. The van der Waals surface area contributed by atoms with E-state index in [1.165, 1.54) is 35.5 Å². The number of alkyl halides is 2. The Balaban J connectivity index is 1.59. The maximum atomic E-state index is 15.4. The number of sulfonamides is 1. The monoisotopic (exact) mass is 578 g/mol. The molecule has 5 rings (SSSR count). The highest BCUT2D eigenvalue weighted by Gasteiger charge is 2.59. The van der Waals surface area contributed by atoms with Gasteiger partial charge in [0.25, 0.3) is 6.55 Å². The Bertz CT molecular complexity index is 1600. The van der Waals surface area contributed by atoms with Crippen LogP contribution in [-0.4, -0.2) is 81.3 Å². The maximum absolute atomic E-state index is 15.4. The molecule has 10 nitrogen and oxygen atoms in total. The summed E-state index contributed by atoms with van der Waals surface area (Å²) >= 11 is 0. The standard InChI is InChI=1S/C26H29F3N6O4S/c1-14(2)30-5-6-39-23-20(33-40(4,37)38)7-15(10-32-23)16-8-17-19(9-18(16)27)31-11-21-22(17)26(24(36)34(21)3)12-35(13-26)25(28)29/h7-11,14,25,30,33H,5-6,12-13H2,1-4H3. The highest BCUT2D eigenvalue weighted by molar-refractivity contribution is 7.92. The average Bonchev–Trinajstić information content (AvgIpc) is 3.07. The summed E-state index contributed by atoms with van der Waals surface area (Å²) in [5.74, 6) is -0.957. The number of nitrogens with zero attached hydrogens (tertiary/aromatic N) is 4. The van der Waals surface area contributed by atoms with Crippen molar-refractivity contribution in [1.29, 1.82) is 0 Å². The minimum absolute atomic E-state index is 0.0243. The molecule has 2 N–H and O–H groups in total. The first-order valence-electron chi connectivity index (χ1n) is 12.6. The molecule has 0 atom stereocenters. The number of hydrogen-bond acceptors (Lipinski definition) is 8. The quantitative estimate of drug-likeness (QED) is 0.294. The number of ether oxygens (including phenoxy) is 1. The first-order chi connectivity index (χ1) is 18.8. The molecular formula is C26H29F3N6O4S. The van der Waals surface area contributed by atoms with Crippen LogP contribution in [-0.2, 0) is 20.2 Å². The first-order valence-corrected chi connectivity index (χ1v) is 14.5. The van der Waals surface area contributed by atoms with E-state index in [1.807, 2.05) is 13.8 Å². The van der Waals surface area contributed by atoms with Crippen LogP contribution in [0.15, 0.2) is 30.6 Å². The van der Waals surface area contributed by atoms with Crippen molar-refractivity contribution in [2.75, 3.05) is 49.2 Å². The smallest absolute Gasteiger partial charge is 0.294 e. The number of halogens is 3. The van der Waals surface area contributed by atoms with Gasteiger partial charge in [-0.1, -0.05) is 13.8 Å². The predicted molar refractivity (Wildman–Crippen MR) is 145 cm³/mol. The van der Waals surface area contributed by atoms with Gasteiger partial charge >= 0.3 is 0 Å². The van der Waals surface area contributed by atoms with Gasteiger partial charge in [-0.15, -0.1) is 0 Å². The van der Waals surface area contributed by atoms with Gasteiger partial charge < -0.3 is 15.0 Å². The third-order valence-electron chi connectivity index (χ3n) is 7.06. The zero-order valence-electron chi connectivity index (χ0n) is 22.3. The van der Waals surface area contributed by atoms with Gasteiger partial charge in [0.2, 0.25) is 21.8 Å². The van der Waals surface area contributed by atoms with E-state index in [4.69, 9.17) is 4.74 Å². The van der Waals surface area contributed by atoms with E-state index < -0.39 is 27.8 Å². The van der Waals surface area contributed by atoms with Gasteiger partial charge in [-0.05, 0) is 12.1 Å². The number of pyridine rings is 2. The van der Waals surface area contributed by atoms with E-state index >= 15 is 4.39 Å². The van der Waals surface area contributed by atoms with Crippen LogP contribution < -0.4 is 19.7 Å². The minimum Gasteiger partial charge on any atom is -0.475 e. The fourth-order valence-electron chi connectivity index (χ4n) is 5.28. The second-order valence-electron chi connectivity index (χ2n) is 10.4. The third kappa shape index (κ3) is 4.95. The Morgan fingerprint density at radius 3 is 2.52 bits per heavy atom. The number of anilines is 2. The summed E-state index contributed by atoms with van der Waals surface area (Å²) in [5, 5.41) is 3.62. The van der Waals surface area contributed by atoms with Crippen molar-refractivity contribution in [1.82, 2.24) is 20.2 Å². The van der Waals surface area contributed by atoms with Crippen LogP contribution in [0.5, 0.6) is 5.88 Å². The number of rotatable bonds is 9. The molecule has 2 aliphatic rings. The summed E-state index contributed by atoms with van der Waals surface area (Å²) in [6.45, 7) is 1.61. The zero-order chi connectivity index (χ0) is 29.0. The summed E-state index contributed by atoms with van der Waals surface area (Å²) in [4.78, 5) is 24.1. The number of likely N-dealkylation sites (tertiary alicyclic amines) is 1. The van der Waals surface area contributed by atoms with Gasteiger partial charge in [0.05, 0.1) is 23.7 Å². The summed E-state index contributed by atoms with van der Waals surface area (Å²) < 4.78 is 74.3. The van der Waals surface area contributed by atoms with Crippen LogP contribution in [0.1, 0.15) is 19.4 Å². The highest BCUT2D eigenvalue weighted by Crippen LogP contribution is 2.50. The summed E-state index contributed by atoms with van der Waals surface area (Å²) in [6, 6.07) is 4.35. The molecule has 2 aliphatic heterocycles. The second-order valence-corrected chi connectivity index (χ2v) is 12.2. The molecule has 214 valence electrons. The van der Waals surface area contributed by atoms with Crippen molar-refractivity contribution < 1.29 is 31.1 Å². The Kier molecular flexibility index (Phi) is 7.13. The van der Waals surface area contributed by atoms with Crippen LogP contribution in [0.25, 0.3) is 22.0 Å². The molecule has 0 unspecified atom stereocenters. The van der Waals surface area contributed by atoms with Crippen molar-refractivity contribution in [3.05, 3.63) is 42.0 Å². The number of nitrogens with one attached hydrogen (secondary N) is 2. The molecule has 0 saturated carbocycles. The summed E-state index contributed by atoms with van der Waals surface area (Å²) in [6.07, 6.45) is 3.78. The molecule has 1 spiro atoms. The number of benzene rings is 1. The van der Waals surface area contributed by atoms with Gasteiger partial charge in [0.15, 0.2) is 0 Å². The Labute approximate surface area is 229 Å². The molecule has 1 fully saturated rings. The molecule has 0 aliphatic carbocycles. The molecule has 1 aromatic carbocycles. The van der Waals surface area contributed by atoms with Gasteiger partial charge in [0.1, 0.15) is 23.5 Å². The molecule has 40 heavy (non-hydrogen) atoms. The number of carbonyl (C=O) groups is 1. The molecule has 14 heteroatoms. The SMILES string of the molecule is CC(C)NCCOc1ncc(-c2cc3c4c(cnc3cc2F)N(C)C(=O)C42CN(C(F)F)C2)cc1NS(C)(=O)=O. The largest absolute Gasteiger partial charge is 0.475 e. The average molecular weight is 579 g/mol. The van der Waals surface area contributed by atoms with Crippen LogP contribution in [0.2, 0.25) is 0 Å². The number of carbonyl (C=O) groups excluding carboxylic acids is 1. The van der Waals surface area contributed by atoms with Gasteiger partial charge in [-0.3, -0.25) is 14.5 Å². The maximum Gasteiger partial charge on any atom is 0.294 e. The lowest BCUT2D eigenvalue weighted by Crippen LogP contribution is -2.64. The highest BCUT2D eigenvalue weighted by atomic mass is 32.2. The number of amides is 1. The lowest BCUT2D eigenvalue weighted by Gasteiger charge is -2.46. The normalized spacial score (nSPS) is 16.7. The molecule has 0 radical (unpaired) electrons. The molecule has 4 heterocycles. The van der Waals surface area contributed by atoms with E-state index in [0.29, 0.717) is 23.2 Å². The number of likely N-dealkylation sites (N-methyl/N-ethyl adjacent to an activating group) is 1. The fourth-order valence-corrected chi connectivity index (χ4v) is 5.83. The second kappa shape index (κ2) is 10.2. The third-order valence-corrected chi connectivity index (χ3v) is 7.65. The van der Waals surface area contributed by atoms with Crippen LogP contribution in [0.3, 0.4) is 0 Å². The Hall–Kier alpha value is -3.49. The van der Waals surface area contributed by atoms with Crippen LogP contribution >= 0.6 is 0 Å². The lowest BCUT2D eigenvalue weighted by atomic mass is 9.73. The molecule has 2 aromatic heterocycles. The van der Waals surface area contributed by atoms with E-state index in [1.54, 1.807) is 7.05 Å². The van der Waals surface area contributed by atoms with Crippen LogP contribution in [0.4, 0.5) is 24.5 Å². The van der Waals surface area contributed by atoms with Crippen molar-refractivity contribution in [2.45, 2.75) is 31.9 Å². The molecule has 1 saturated heterocycles. The van der Waals surface area contributed by atoms with E-state index in [-0.39, 0.29) is 59.9 Å². The summed E-state index contributed by atoms with van der Waals surface area (Å²) in [5.41, 5.74) is 0.395. The zero-order valence-corrected chi connectivity index (χ0v) is 23.2. The van der Waals surface area contributed by atoms with E-state index in [0.717, 1.165) is 11.2 Å². The van der Waals surface area contributed by atoms with Gasteiger partial charge in [-0.25, -0.2) is 22.7 Å². The van der Waals surface area contributed by atoms with E-state index in [9.17, 15) is 22.0 Å². The number of hydrogen-bond donors (Lipinski definition) is 2. The molecule has 1 amide bonds.